The molecule has 0 saturated carbocycles. The van der Waals surface area contributed by atoms with Crippen LogP contribution in [0.2, 0.25) is 0 Å². The van der Waals surface area contributed by atoms with Crippen LogP contribution in [0.15, 0.2) is 24.6 Å². The van der Waals surface area contributed by atoms with Crippen molar-refractivity contribution < 1.29 is 57.0 Å². The van der Waals surface area contributed by atoms with Crippen LogP contribution >= 0.6 is 0 Å². The standard InChI is InChI=1S/2C5H7N.C2HF3O2.HI/c2*1-2-4-6-5-3-1;3-2(4,5)1(6)7;/h2*2,4-5H,1,3H2;(H,6,7);1H. The van der Waals surface area contributed by atoms with Crippen LogP contribution in [0.25, 0.3) is 0 Å². The van der Waals surface area contributed by atoms with Gasteiger partial charge in [0.15, 0.2) is 12.4 Å². The second-order valence-electron chi connectivity index (χ2n) is 3.49. The molecule has 2 heterocycles. The summed E-state index contributed by atoms with van der Waals surface area (Å²) >= 11 is 0. The van der Waals surface area contributed by atoms with E-state index in [2.05, 4.69) is 34.6 Å². The maximum Gasteiger partial charge on any atom is 0.430 e. The molecule has 0 aliphatic carbocycles. The third-order valence-corrected chi connectivity index (χ3v) is 1.85. The van der Waals surface area contributed by atoms with Crippen molar-refractivity contribution in [2.75, 3.05) is 0 Å². The summed E-state index contributed by atoms with van der Waals surface area (Å²) in [5, 5.41) is 8.78. The van der Waals surface area contributed by atoms with Crippen molar-refractivity contribution in [3.8, 4) is 0 Å². The van der Waals surface area contributed by atoms with Gasteiger partial charge in [0.1, 0.15) is 18.4 Å². The summed E-state index contributed by atoms with van der Waals surface area (Å²) in [6.45, 7) is 0. The van der Waals surface area contributed by atoms with Crippen LogP contribution in [-0.4, -0.2) is 24.6 Å². The van der Waals surface area contributed by atoms with E-state index in [1.165, 1.54) is 25.7 Å². The zero-order valence-electron chi connectivity index (χ0n) is 10.6. The van der Waals surface area contributed by atoms with Crippen LogP contribution in [0.3, 0.4) is 0 Å². The maximum absolute atomic E-state index is 10.5. The topological polar surface area (TPSA) is 68.1 Å². The molecule has 2 N–H and O–H groups in total. The second kappa shape index (κ2) is 12.8. The van der Waals surface area contributed by atoms with Crippen molar-refractivity contribution in [1.82, 2.24) is 0 Å². The lowest BCUT2D eigenvalue weighted by atomic mass is 10.3. The molecular formula is C12H16F3IN2O2. The highest BCUT2D eigenvalue weighted by Gasteiger charge is 2.28. The lowest BCUT2D eigenvalue weighted by Gasteiger charge is -2.03. The number of carbonyl (C=O) groups is 1. The Morgan fingerprint density at radius 3 is 1.35 bits per heavy atom. The molecule has 0 amide bonds. The molecule has 0 fully saturated rings. The minimum Gasteiger partial charge on any atom is -1.00 e. The van der Waals surface area contributed by atoms with Crippen LogP contribution in [-0.2, 0) is 4.79 Å². The normalized spacial score (nSPS) is 15.2. The first-order chi connectivity index (χ1) is 8.94. The Kier molecular flexibility index (Phi) is 13.5. The molecule has 0 radical (unpaired) electrons. The van der Waals surface area contributed by atoms with Crippen molar-refractivity contribution in [3.05, 3.63) is 24.6 Å². The van der Waals surface area contributed by atoms with E-state index in [0.29, 0.717) is 0 Å². The Morgan fingerprint density at radius 2 is 1.30 bits per heavy atom. The molecule has 0 saturated heterocycles. The Bertz CT molecular complexity index is 329. The molecule has 2 aliphatic rings. The summed E-state index contributed by atoms with van der Waals surface area (Å²) in [4.78, 5) is 14.7. The van der Waals surface area contributed by atoms with Crippen molar-refractivity contribution in [2.24, 2.45) is 0 Å². The largest absolute Gasteiger partial charge is 1.00 e. The fourth-order valence-electron chi connectivity index (χ4n) is 0.965. The van der Waals surface area contributed by atoms with Crippen molar-refractivity contribution in [1.29, 1.82) is 0 Å². The smallest absolute Gasteiger partial charge is 0.430 e. The van der Waals surface area contributed by atoms with E-state index in [4.69, 9.17) is 9.90 Å². The molecule has 0 aromatic heterocycles. The first-order valence-corrected chi connectivity index (χ1v) is 5.68. The molecule has 2 rings (SSSR count). The lowest BCUT2D eigenvalue weighted by molar-refractivity contribution is -0.370. The average Bonchev–Trinajstić information content (AvgIpc) is 2.43. The predicted octanol–water partition coefficient (Wildman–Crippen LogP) is -4.81. The lowest BCUT2D eigenvalue weighted by Crippen LogP contribution is -3.00. The van der Waals surface area contributed by atoms with Crippen LogP contribution in [0.5, 0.6) is 0 Å². The number of carboxylic acids is 1. The molecule has 114 valence electrons. The average molecular weight is 404 g/mol. The molecule has 0 aromatic rings. The SMILES string of the molecule is C1=C[NH+]=CCC1.C1=C[NH+]=CCC1.O=C([O-])C(F)(F)F.[I-]. The molecule has 4 nitrogen and oxygen atoms in total. The second-order valence-corrected chi connectivity index (χ2v) is 3.49. The van der Waals surface area contributed by atoms with E-state index < -0.39 is 12.1 Å². The van der Waals surface area contributed by atoms with Gasteiger partial charge >= 0.3 is 6.18 Å². The van der Waals surface area contributed by atoms with E-state index in [1.807, 2.05) is 12.4 Å². The Morgan fingerprint density at radius 1 is 0.950 bits per heavy atom. The molecule has 0 atom stereocenters. The number of halogens is 4. The number of rotatable bonds is 0. The minimum atomic E-state index is -5.19. The third-order valence-electron chi connectivity index (χ3n) is 1.85. The van der Waals surface area contributed by atoms with Crippen molar-refractivity contribution in [3.63, 3.8) is 0 Å². The minimum absolute atomic E-state index is 0. The van der Waals surface area contributed by atoms with E-state index in [9.17, 15) is 13.2 Å². The highest BCUT2D eigenvalue weighted by Crippen LogP contribution is 2.11. The summed E-state index contributed by atoms with van der Waals surface area (Å²) in [6.07, 6.45) is 11.8. The van der Waals surface area contributed by atoms with E-state index in [-0.39, 0.29) is 24.0 Å². The number of hydrogen-bond acceptors (Lipinski definition) is 2. The van der Waals surface area contributed by atoms with Crippen LogP contribution < -0.4 is 39.1 Å². The molecule has 0 aromatic carbocycles. The van der Waals surface area contributed by atoms with Gasteiger partial charge in [-0.3, -0.25) is 0 Å². The van der Waals surface area contributed by atoms with Gasteiger partial charge in [0, 0.05) is 12.8 Å². The van der Waals surface area contributed by atoms with Crippen molar-refractivity contribution >= 4 is 18.4 Å². The Labute approximate surface area is 132 Å². The Balaban J connectivity index is 0. The maximum atomic E-state index is 10.5. The first-order valence-electron chi connectivity index (χ1n) is 5.68. The van der Waals surface area contributed by atoms with Gasteiger partial charge in [-0.1, -0.05) is 0 Å². The van der Waals surface area contributed by atoms with Gasteiger partial charge < -0.3 is 33.9 Å². The number of carbonyl (C=O) groups excluding carboxylic acids is 1. The van der Waals surface area contributed by atoms with Crippen LogP contribution in [0.4, 0.5) is 13.2 Å². The summed E-state index contributed by atoms with van der Waals surface area (Å²) in [5.41, 5.74) is 0. The molecule has 0 bridgehead atoms. The van der Waals surface area contributed by atoms with Gasteiger partial charge in [0.25, 0.3) is 0 Å². The van der Waals surface area contributed by atoms with Crippen LogP contribution in [0, 0.1) is 0 Å². The monoisotopic (exact) mass is 404 g/mol. The number of aliphatic carboxylic acids is 1. The van der Waals surface area contributed by atoms with E-state index in [1.54, 1.807) is 0 Å². The number of allylic oxidation sites excluding steroid dienone is 2. The van der Waals surface area contributed by atoms with Gasteiger partial charge in [-0.05, 0) is 25.0 Å². The molecular weight excluding hydrogens is 388 g/mol. The quantitative estimate of drug-likeness (QED) is 0.398. The van der Waals surface area contributed by atoms with Gasteiger partial charge in [0.05, 0.1) is 0 Å². The zero-order valence-corrected chi connectivity index (χ0v) is 12.8. The van der Waals surface area contributed by atoms with Gasteiger partial charge in [-0.2, -0.15) is 13.2 Å². The summed E-state index contributed by atoms with van der Waals surface area (Å²) in [6, 6.07) is 0. The highest BCUT2D eigenvalue weighted by molar-refractivity contribution is 5.70. The number of carboxylic acid groups (broad SMARTS) is 1. The Hall–Kier alpha value is -1.19. The summed E-state index contributed by atoms with van der Waals surface area (Å²) in [7, 11) is 0. The number of hydrogen-bond donors (Lipinski definition) is 2. The fourth-order valence-corrected chi connectivity index (χ4v) is 0.965. The van der Waals surface area contributed by atoms with Gasteiger partial charge in [0.2, 0.25) is 0 Å². The van der Waals surface area contributed by atoms with Gasteiger partial charge in [-0.15, -0.1) is 0 Å². The fraction of sp³-hybridized carbons (Fsp3) is 0.417. The molecule has 8 heteroatoms. The molecule has 2 aliphatic heterocycles. The number of alkyl halides is 3. The number of nitrogens with one attached hydrogen (secondary N) is 2. The molecule has 20 heavy (non-hydrogen) atoms. The van der Waals surface area contributed by atoms with E-state index in [0.717, 1.165) is 0 Å². The third kappa shape index (κ3) is 14.9. The zero-order chi connectivity index (χ0) is 14.6. The summed E-state index contributed by atoms with van der Waals surface area (Å²) in [5.74, 6) is -3.01. The van der Waals surface area contributed by atoms with Gasteiger partial charge in [-0.25, -0.2) is 9.98 Å². The molecule has 0 spiro atoms. The molecule has 0 unspecified atom stereocenters. The first kappa shape index (κ1) is 21.1. The van der Waals surface area contributed by atoms with Crippen molar-refractivity contribution in [2.45, 2.75) is 31.9 Å². The summed E-state index contributed by atoms with van der Waals surface area (Å²) < 4.78 is 31.5. The highest BCUT2D eigenvalue weighted by atomic mass is 127. The predicted molar refractivity (Wildman–Crippen MR) is 61.9 cm³/mol. The van der Waals surface area contributed by atoms with Crippen LogP contribution in [0.1, 0.15) is 25.7 Å². The van der Waals surface area contributed by atoms with E-state index >= 15 is 0 Å².